The summed E-state index contributed by atoms with van der Waals surface area (Å²) in [4.78, 5) is 21.4. The third-order valence-electron chi connectivity index (χ3n) is 5.82. The molecule has 0 aliphatic carbocycles. The van der Waals surface area contributed by atoms with Crippen molar-refractivity contribution in [3.05, 3.63) is 47.5 Å². The van der Waals surface area contributed by atoms with E-state index >= 15 is 0 Å². The Hall–Kier alpha value is -1.57. The van der Waals surface area contributed by atoms with E-state index in [1.807, 2.05) is 11.4 Å². The molecule has 2 aliphatic rings. The first-order valence-corrected chi connectivity index (χ1v) is 12.5. The maximum Gasteiger partial charge on any atom is 0.273 e. The number of thioether (sulfide) groups is 1. The van der Waals surface area contributed by atoms with Gasteiger partial charge in [-0.25, -0.2) is 4.98 Å². The van der Waals surface area contributed by atoms with Gasteiger partial charge < -0.3 is 9.64 Å². The minimum Gasteiger partial charge on any atom is -0.467 e. The SMILES string of the molecule is O=C(CSCc1ccccc1)N1CCC(N2CCC(Oc3nccs3)CC2)CC1. The Balaban J connectivity index is 1.13. The van der Waals surface area contributed by atoms with Gasteiger partial charge in [0.1, 0.15) is 6.10 Å². The summed E-state index contributed by atoms with van der Waals surface area (Å²) in [5.74, 6) is 1.78. The van der Waals surface area contributed by atoms with Crippen LogP contribution in [0.1, 0.15) is 31.2 Å². The number of nitrogens with zero attached hydrogens (tertiary/aromatic N) is 3. The van der Waals surface area contributed by atoms with Gasteiger partial charge in [-0.05, 0) is 31.2 Å². The van der Waals surface area contributed by atoms with Crippen LogP contribution >= 0.6 is 23.1 Å². The highest BCUT2D eigenvalue weighted by atomic mass is 32.2. The number of amides is 1. The summed E-state index contributed by atoms with van der Waals surface area (Å²) in [6.45, 7) is 3.96. The quantitative estimate of drug-likeness (QED) is 0.665. The molecule has 1 amide bonds. The second-order valence-electron chi connectivity index (χ2n) is 7.74. The first kappa shape index (κ1) is 20.7. The summed E-state index contributed by atoms with van der Waals surface area (Å²) in [7, 11) is 0. The molecule has 0 atom stereocenters. The van der Waals surface area contributed by atoms with Gasteiger partial charge in [0.05, 0.1) is 5.75 Å². The van der Waals surface area contributed by atoms with E-state index in [2.05, 4.69) is 39.0 Å². The fraction of sp³-hybridized carbons (Fsp3) is 0.545. The highest BCUT2D eigenvalue weighted by Gasteiger charge is 2.30. The van der Waals surface area contributed by atoms with E-state index in [1.54, 1.807) is 29.3 Å². The van der Waals surface area contributed by atoms with Crippen molar-refractivity contribution < 1.29 is 9.53 Å². The Labute approximate surface area is 181 Å². The second-order valence-corrected chi connectivity index (χ2v) is 9.58. The maximum absolute atomic E-state index is 12.5. The minimum atomic E-state index is 0.292. The Bertz CT molecular complexity index is 741. The zero-order valence-electron chi connectivity index (χ0n) is 16.7. The lowest BCUT2D eigenvalue weighted by Crippen LogP contribution is -2.50. The summed E-state index contributed by atoms with van der Waals surface area (Å²) in [6.07, 6.45) is 6.40. The molecule has 0 unspecified atom stereocenters. The molecule has 5 nitrogen and oxygen atoms in total. The van der Waals surface area contributed by atoms with Crippen LogP contribution in [0.2, 0.25) is 0 Å². The third-order valence-corrected chi connectivity index (χ3v) is 7.47. The summed E-state index contributed by atoms with van der Waals surface area (Å²) >= 11 is 3.29. The van der Waals surface area contributed by atoms with E-state index in [0.29, 0.717) is 23.8 Å². The van der Waals surface area contributed by atoms with Gasteiger partial charge in [0.15, 0.2) is 0 Å². The zero-order valence-corrected chi connectivity index (χ0v) is 18.4. The topological polar surface area (TPSA) is 45.7 Å². The van der Waals surface area contributed by atoms with Crippen LogP contribution in [0.4, 0.5) is 0 Å². The number of aromatic nitrogens is 1. The lowest BCUT2D eigenvalue weighted by molar-refractivity contribution is -0.130. The van der Waals surface area contributed by atoms with Crippen molar-refractivity contribution in [2.45, 2.75) is 43.6 Å². The lowest BCUT2D eigenvalue weighted by atomic mass is 9.99. The molecule has 2 fully saturated rings. The Morgan fingerprint density at radius 1 is 1.10 bits per heavy atom. The molecule has 0 spiro atoms. The molecule has 156 valence electrons. The maximum atomic E-state index is 12.5. The van der Waals surface area contributed by atoms with Crippen LogP contribution in [0.15, 0.2) is 41.9 Å². The van der Waals surface area contributed by atoms with Crippen molar-refractivity contribution in [2.24, 2.45) is 0 Å². The average molecular weight is 432 g/mol. The van der Waals surface area contributed by atoms with Gasteiger partial charge in [-0.3, -0.25) is 9.69 Å². The van der Waals surface area contributed by atoms with E-state index < -0.39 is 0 Å². The molecule has 1 aromatic heterocycles. The third kappa shape index (κ3) is 5.96. The number of carbonyl (C=O) groups is 1. The smallest absolute Gasteiger partial charge is 0.273 e. The first-order chi connectivity index (χ1) is 14.3. The minimum absolute atomic E-state index is 0.292. The predicted octanol–water partition coefficient (Wildman–Crippen LogP) is 3.91. The van der Waals surface area contributed by atoms with Crippen LogP contribution in [-0.4, -0.2) is 64.8 Å². The molecule has 0 saturated carbocycles. The van der Waals surface area contributed by atoms with Crippen LogP contribution in [0.5, 0.6) is 5.19 Å². The molecule has 3 heterocycles. The van der Waals surface area contributed by atoms with Gasteiger partial charge in [0.2, 0.25) is 5.91 Å². The zero-order chi connectivity index (χ0) is 19.9. The first-order valence-electron chi connectivity index (χ1n) is 10.5. The van der Waals surface area contributed by atoms with Crippen molar-refractivity contribution in [1.29, 1.82) is 0 Å². The van der Waals surface area contributed by atoms with Gasteiger partial charge in [0.25, 0.3) is 5.19 Å². The van der Waals surface area contributed by atoms with Gasteiger partial charge in [-0.2, -0.15) is 0 Å². The lowest BCUT2D eigenvalue weighted by Gasteiger charge is -2.41. The van der Waals surface area contributed by atoms with E-state index in [9.17, 15) is 4.79 Å². The molecule has 1 aromatic carbocycles. The predicted molar refractivity (Wildman–Crippen MR) is 120 cm³/mol. The molecule has 7 heteroatoms. The number of hydrogen-bond donors (Lipinski definition) is 0. The van der Waals surface area contributed by atoms with Crippen LogP contribution in [0.25, 0.3) is 0 Å². The molecule has 0 bridgehead atoms. The number of carbonyl (C=O) groups excluding carboxylic acids is 1. The number of likely N-dealkylation sites (tertiary alicyclic amines) is 2. The largest absolute Gasteiger partial charge is 0.467 e. The average Bonchev–Trinajstić information content (AvgIpc) is 3.28. The summed E-state index contributed by atoms with van der Waals surface area (Å²) < 4.78 is 5.97. The second kappa shape index (κ2) is 10.5. The van der Waals surface area contributed by atoms with Crippen LogP contribution in [0, 0.1) is 0 Å². The molecular formula is C22H29N3O2S2. The molecular weight excluding hydrogens is 402 g/mol. The van der Waals surface area contributed by atoms with Crippen LogP contribution in [-0.2, 0) is 10.5 Å². The number of hydrogen-bond acceptors (Lipinski definition) is 6. The van der Waals surface area contributed by atoms with Crippen molar-refractivity contribution >= 4 is 29.0 Å². The van der Waals surface area contributed by atoms with Crippen molar-refractivity contribution in [3.8, 4) is 5.19 Å². The van der Waals surface area contributed by atoms with Crippen molar-refractivity contribution in [2.75, 3.05) is 31.9 Å². The highest BCUT2D eigenvalue weighted by Crippen LogP contribution is 2.25. The molecule has 29 heavy (non-hydrogen) atoms. The fourth-order valence-corrected chi connectivity index (χ4v) is 5.61. The number of thiazole rings is 1. The van der Waals surface area contributed by atoms with Gasteiger partial charge >= 0.3 is 0 Å². The standard InChI is InChI=1S/C22H29N3O2S2/c26-21(17-28-16-18-4-2-1-3-5-18)25-11-6-19(7-12-25)24-13-8-20(9-14-24)27-22-23-10-15-29-22/h1-5,10,15,19-20H,6-9,11-14,16-17H2. The Morgan fingerprint density at radius 3 is 2.55 bits per heavy atom. The molecule has 2 aromatic rings. The monoisotopic (exact) mass is 431 g/mol. The van der Waals surface area contributed by atoms with E-state index in [1.165, 1.54) is 5.56 Å². The van der Waals surface area contributed by atoms with Crippen molar-refractivity contribution in [1.82, 2.24) is 14.8 Å². The molecule has 4 rings (SSSR count). The number of piperidine rings is 2. The molecule has 0 N–H and O–H groups in total. The van der Waals surface area contributed by atoms with Crippen LogP contribution < -0.4 is 4.74 Å². The van der Waals surface area contributed by atoms with Gasteiger partial charge in [-0.1, -0.05) is 41.7 Å². The molecule has 0 radical (unpaired) electrons. The number of ether oxygens (including phenoxy) is 1. The fourth-order valence-electron chi connectivity index (χ4n) is 4.17. The van der Waals surface area contributed by atoms with Crippen molar-refractivity contribution in [3.63, 3.8) is 0 Å². The molecule has 2 saturated heterocycles. The van der Waals surface area contributed by atoms with E-state index in [0.717, 1.165) is 62.8 Å². The van der Waals surface area contributed by atoms with Gasteiger partial charge in [-0.15, -0.1) is 11.8 Å². The van der Waals surface area contributed by atoms with E-state index in [-0.39, 0.29) is 0 Å². The Kier molecular flexibility index (Phi) is 7.46. The Morgan fingerprint density at radius 2 is 1.86 bits per heavy atom. The summed E-state index contributed by atoms with van der Waals surface area (Å²) in [5, 5.41) is 2.75. The number of rotatable bonds is 7. The van der Waals surface area contributed by atoms with Crippen LogP contribution in [0.3, 0.4) is 0 Å². The van der Waals surface area contributed by atoms with E-state index in [4.69, 9.17) is 4.74 Å². The normalized spacial score (nSPS) is 19.4. The summed E-state index contributed by atoms with van der Waals surface area (Å²) in [5.41, 5.74) is 1.28. The van der Waals surface area contributed by atoms with Gasteiger partial charge in [0, 0.05) is 49.6 Å². The summed E-state index contributed by atoms with van der Waals surface area (Å²) in [6, 6.07) is 11.0. The highest BCUT2D eigenvalue weighted by molar-refractivity contribution is 7.99. The molecule has 2 aliphatic heterocycles. The number of benzene rings is 1.